The summed E-state index contributed by atoms with van der Waals surface area (Å²) in [5, 5.41) is 3.44. The third kappa shape index (κ3) is 2.96. The van der Waals surface area contributed by atoms with Crippen LogP contribution >= 0.6 is 12.4 Å². The number of rotatable bonds is 2. The summed E-state index contributed by atoms with van der Waals surface area (Å²) < 4.78 is 1.54. The largest absolute Gasteiger partial charge is 0.341 e. The van der Waals surface area contributed by atoms with Gasteiger partial charge in [0, 0.05) is 19.6 Å². The van der Waals surface area contributed by atoms with Crippen LogP contribution in [0, 0.1) is 5.41 Å². The Balaban J connectivity index is 0.00000169. The highest BCUT2D eigenvalue weighted by molar-refractivity contribution is 5.85. The maximum atomic E-state index is 12.6. The van der Waals surface area contributed by atoms with Gasteiger partial charge in [-0.05, 0) is 43.4 Å². The molecule has 6 nitrogen and oxygen atoms in total. The van der Waals surface area contributed by atoms with Gasteiger partial charge in [-0.3, -0.25) is 9.36 Å². The first kappa shape index (κ1) is 17.0. The van der Waals surface area contributed by atoms with Crippen molar-refractivity contribution in [1.29, 1.82) is 0 Å². The first-order chi connectivity index (χ1) is 11.2. The molecule has 0 saturated carbocycles. The quantitative estimate of drug-likeness (QED) is 0.859. The van der Waals surface area contributed by atoms with Crippen molar-refractivity contribution in [1.82, 2.24) is 19.8 Å². The molecule has 1 aromatic heterocycles. The van der Waals surface area contributed by atoms with Crippen LogP contribution < -0.4 is 11.0 Å². The first-order valence-electron chi connectivity index (χ1n) is 8.33. The van der Waals surface area contributed by atoms with E-state index in [0.29, 0.717) is 5.41 Å². The zero-order valence-electron chi connectivity index (χ0n) is 13.6. The number of imidazole rings is 1. The molecule has 7 heteroatoms. The number of fused-ring (bicyclic) bond motifs is 1. The number of carbonyl (C=O) groups is 1. The lowest BCUT2D eigenvalue weighted by Gasteiger charge is -2.38. The van der Waals surface area contributed by atoms with Crippen molar-refractivity contribution in [3.63, 3.8) is 0 Å². The van der Waals surface area contributed by atoms with Crippen molar-refractivity contribution in [2.45, 2.75) is 25.8 Å². The Kier molecular flexibility index (Phi) is 4.69. The molecule has 2 aliphatic rings. The molecule has 2 fully saturated rings. The van der Waals surface area contributed by atoms with Gasteiger partial charge in [-0.2, -0.15) is 0 Å². The third-order valence-corrected chi connectivity index (χ3v) is 5.48. The van der Waals surface area contributed by atoms with Crippen LogP contribution in [0.4, 0.5) is 0 Å². The minimum Gasteiger partial charge on any atom is -0.341 e. The van der Waals surface area contributed by atoms with Crippen LogP contribution in [0.2, 0.25) is 0 Å². The third-order valence-electron chi connectivity index (χ3n) is 5.48. The summed E-state index contributed by atoms with van der Waals surface area (Å²) in [5.74, 6) is 0.0395. The van der Waals surface area contributed by atoms with E-state index in [9.17, 15) is 9.59 Å². The molecule has 0 unspecified atom stereocenters. The number of carbonyl (C=O) groups excluding carboxylic acids is 1. The number of piperidine rings is 1. The van der Waals surface area contributed by atoms with Crippen LogP contribution in [0.5, 0.6) is 0 Å². The van der Waals surface area contributed by atoms with E-state index in [1.54, 1.807) is 4.57 Å². The van der Waals surface area contributed by atoms with Crippen LogP contribution in [-0.4, -0.2) is 46.5 Å². The molecule has 0 bridgehead atoms. The summed E-state index contributed by atoms with van der Waals surface area (Å²) in [6, 6.07) is 7.49. The lowest BCUT2D eigenvalue weighted by Crippen LogP contribution is -2.45. The van der Waals surface area contributed by atoms with E-state index >= 15 is 0 Å². The Morgan fingerprint density at radius 1 is 1.17 bits per heavy atom. The molecule has 1 spiro atoms. The van der Waals surface area contributed by atoms with Gasteiger partial charge in [-0.25, -0.2) is 4.79 Å². The number of H-pyrrole nitrogens is 1. The summed E-state index contributed by atoms with van der Waals surface area (Å²) in [7, 11) is 0. The van der Waals surface area contributed by atoms with E-state index in [0.717, 1.165) is 50.1 Å². The first-order valence-corrected chi connectivity index (χ1v) is 8.33. The zero-order valence-corrected chi connectivity index (χ0v) is 14.4. The smallest absolute Gasteiger partial charge is 0.326 e. The monoisotopic (exact) mass is 350 g/mol. The van der Waals surface area contributed by atoms with Crippen molar-refractivity contribution >= 4 is 29.3 Å². The molecule has 1 amide bonds. The summed E-state index contributed by atoms with van der Waals surface area (Å²) in [6.45, 7) is 3.90. The van der Waals surface area contributed by atoms with Gasteiger partial charge in [0.25, 0.3) is 0 Å². The average Bonchev–Trinajstić information content (AvgIpc) is 3.14. The number of nitrogens with one attached hydrogen (secondary N) is 2. The zero-order chi connectivity index (χ0) is 15.9. The molecule has 2 saturated heterocycles. The topological polar surface area (TPSA) is 70.1 Å². The molecule has 130 valence electrons. The van der Waals surface area contributed by atoms with Crippen LogP contribution in [0.15, 0.2) is 29.1 Å². The number of para-hydroxylation sites is 2. The number of aromatic amines is 1. The molecule has 1 aromatic carbocycles. The van der Waals surface area contributed by atoms with Crippen LogP contribution in [0.3, 0.4) is 0 Å². The van der Waals surface area contributed by atoms with Gasteiger partial charge in [-0.1, -0.05) is 12.1 Å². The van der Waals surface area contributed by atoms with Crippen molar-refractivity contribution in [2.75, 3.05) is 26.2 Å². The highest BCUT2D eigenvalue weighted by atomic mass is 35.5. The Hall–Kier alpha value is -1.79. The molecule has 0 radical (unpaired) electrons. The van der Waals surface area contributed by atoms with Crippen LogP contribution in [0.1, 0.15) is 19.3 Å². The summed E-state index contributed by atoms with van der Waals surface area (Å²) >= 11 is 0. The Labute approximate surface area is 146 Å². The normalized spacial score (nSPS) is 19.6. The van der Waals surface area contributed by atoms with Crippen molar-refractivity contribution in [3.05, 3.63) is 34.7 Å². The van der Waals surface area contributed by atoms with Gasteiger partial charge >= 0.3 is 5.69 Å². The highest BCUT2D eigenvalue weighted by Gasteiger charge is 2.38. The van der Waals surface area contributed by atoms with E-state index in [2.05, 4.69) is 10.3 Å². The van der Waals surface area contributed by atoms with Gasteiger partial charge in [0.05, 0.1) is 11.0 Å². The number of benzene rings is 1. The molecule has 3 heterocycles. The predicted molar refractivity (Wildman–Crippen MR) is 95.5 cm³/mol. The van der Waals surface area contributed by atoms with Crippen LogP contribution in [0.25, 0.3) is 11.0 Å². The number of hydrogen-bond acceptors (Lipinski definition) is 3. The minimum atomic E-state index is -0.215. The molecule has 2 aromatic rings. The molecule has 4 rings (SSSR count). The molecule has 0 aliphatic carbocycles. The van der Waals surface area contributed by atoms with E-state index in [1.165, 1.54) is 6.42 Å². The Bertz CT molecular complexity index is 781. The number of amides is 1. The standard InChI is InChI=1S/C17H22N4O2.ClH/c22-15(20-9-6-17(7-10-20)5-8-18-12-17)11-21-14-4-2-1-3-13(14)19-16(21)23;/h1-4,18H,5-12H2,(H,19,23);1H. The van der Waals surface area contributed by atoms with Gasteiger partial charge < -0.3 is 15.2 Å². The van der Waals surface area contributed by atoms with E-state index in [-0.39, 0.29) is 30.5 Å². The average molecular weight is 351 g/mol. The molecular formula is C17H23ClN4O2. The molecule has 0 atom stereocenters. The summed E-state index contributed by atoms with van der Waals surface area (Å²) in [6.07, 6.45) is 3.35. The van der Waals surface area contributed by atoms with Crippen molar-refractivity contribution in [2.24, 2.45) is 5.41 Å². The lowest BCUT2D eigenvalue weighted by atomic mass is 9.78. The van der Waals surface area contributed by atoms with Gasteiger partial charge in [0.1, 0.15) is 6.54 Å². The van der Waals surface area contributed by atoms with Crippen molar-refractivity contribution in [3.8, 4) is 0 Å². The Morgan fingerprint density at radius 3 is 2.62 bits per heavy atom. The molecular weight excluding hydrogens is 328 g/mol. The molecule has 24 heavy (non-hydrogen) atoms. The number of likely N-dealkylation sites (tertiary alicyclic amines) is 1. The van der Waals surface area contributed by atoms with E-state index < -0.39 is 0 Å². The van der Waals surface area contributed by atoms with E-state index in [4.69, 9.17) is 0 Å². The second-order valence-corrected chi connectivity index (χ2v) is 6.84. The van der Waals surface area contributed by atoms with Gasteiger partial charge in [0.2, 0.25) is 5.91 Å². The second-order valence-electron chi connectivity index (χ2n) is 6.84. The number of halogens is 1. The number of hydrogen-bond donors (Lipinski definition) is 2. The summed E-state index contributed by atoms with van der Waals surface area (Å²) in [4.78, 5) is 29.4. The fraction of sp³-hybridized carbons (Fsp3) is 0.529. The van der Waals surface area contributed by atoms with Gasteiger partial charge in [0.15, 0.2) is 0 Å². The minimum absolute atomic E-state index is 0. The SMILES string of the molecule is Cl.O=C(Cn1c(=O)[nH]c2ccccc21)N1CCC2(CCNC2)CC1. The van der Waals surface area contributed by atoms with Crippen molar-refractivity contribution < 1.29 is 4.79 Å². The number of aromatic nitrogens is 2. The fourth-order valence-corrected chi connectivity index (χ4v) is 3.95. The van der Waals surface area contributed by atoms with Gasteiger partial charge in [-0.15, -0.1) is 12.4 Å². The molecule has 2 aliphatic heterocycles. The fourth-order valence-electron chi connectivity index (χ4n) is 3.95. The number of nitrogens with zero attached hydrogens (tertiary/aromatic N) is 2. The maximum absolute atomic E-state index is 12.6. The maximum Gasteiger partial charge on any atom is 0.326 e. The van der Waals surface area contributed by atoms with E-state index in [1.807, 2.05) is 29.2 Å². The second kappa shape index (κ2) is 6.61. The van der Waals surface area contributed by atoms with Crippen LogP contribution in [-0.2, 0) is 11.3 Å². The highest BCUT2D eigenvalue weighted by Crippen LogP contribution is 2.36. The molecule has 2 N–H and O–H groups in total. The summed E-state index contributed by atoms with van der Waals surface area (Å²) in [5.41, 5.74) is 1.75. The Morgan fingerprint density at radius 2 is 1.92 bits per heavy atom. The predicted octanol–water partition coefficient (Wildman–Crippen LogP) is 1.35. The lowest BCUT2D eigenvalue weighted by molar-refractivity contribution is -0.134.